The van der Waals surface area contributed by atoms with E-state index in [0.717, 1.165) is 54.5 Å². The zero-order valence-electron chi connectivity index (χ0n) is 17.5. The van der Waals surface area contributed by atoms with Crippen molar-refractivity contribution in [3.8, 4) is 0 Å². The van der Waals surface area contributed by atoms with Crippen LogP contribution in [0.1, 0.15) is 44.0 Å². The molecule has 0 unspecified atom stereocenters. The molecule has 0 atom stereocenters. The van der Waals surface area contributed by atoms with E-state index in [4.69, 9.17) is 0 Å². The standard InChI is InChI=1S/C24H26F2N4O/c1-2-6-21-18-27-24(28-19-21)22-8-3-7-20(17-22)11-14-29-30(15-5-16-31)23(10-13-26)9-4-12-25/h4-5,8-10,12-19H,2-3,6-7,11H2,1H3/b12-4+,13-10+,15-5-,23-9+,29-14+. The van der Waals surface area contributed by atoms with Crippen molar-refractivity contribution in [2.75, 3.05) is 0 Å². The molecule has 1 aromatic heterocycles. The average Bonchev–Trinajstić information content (AvgIpc) is 2.80. The van der Waals surface area contributed by atoms with Crippen LogP contribution in [0.3, 0.4) is 0 Å². The first kappa shape index (κ1) is 23.8. The number of allylic oxidation sites excluding steroid dienone is 8. The highest BCUT2D eigenvalue weighted by atomic mass is 19.1. The summed E-state index contributed by atoms with van der Waals surface area (Å²) in [6, 6.07) is 0. The molecule has 0 saturated carbocycles. The number of aromatic nitrogens is 2. The summed E-state index contributed by atoms with van der Waals surface area (Å²) in [6.45, 7) is 2.12. The predicted molar refractivity (Wildman–Crippen MR) is 120 cm³/mol. The Morgan fingerprint density at radius 2 is 2.03 bits per heavy atom. The minimum absolute atomic E-state index is 0.254. The quantitative estimate of drug-likeness (QED) is 0.149. The average molecular weight is 424 g/mol. The number of hydrogen-bond donors (Lipinski definition) is 0. The predicted octanol–water partition coefficient (Wildman–Crippen LogP) is 5.77. The summed E-state index contributed by atoms with van der Waals surface area (Å²) in [5, 5.41) is 5.58. The number of hydrogen-bond acceptors (Lipinski definition) is 5. The first-order chi connectivity index (χ1) is 15.2. The second-order valence-corrected chi connectivity index (χ2v) is 6.69. The number of nitrogens with zero attached hydrogens (tertiary/aromatic N) is 4. The molecule has 0 aromatic carbocycles. The fourth-order valence-electron chi connectivity index (χ4n) is 2.96. The number of aldehydes is 1. The maximum absolute atomic E-state index is 12.7. The summed E-state index contributed by atoms with van der Waals surface area (Å²) in [7, 11) is 0. The lowest BCUT2D eigenvalue weighted by Gasteiger charge is -2.15. The molecule has 162 valence electrons. The maximum atomic E-state index is 12.7. The van der Waals surface area contributed by atoms with Crippen LogP contribution >= 0.6 is 0 Å². The molecule has 0 spiro atoms. The molecule has 0 radical (unpaired) electrons. The fourth-order valence-corrected chi connectivity index (χ4v) is 2.96. The molecule has 5 nitrogen and oxygen atoms in total. The second-order valence-electron chi connectivity index (χ2n) is 6.69. The number of carbonyl (C=O) groups is 1. The lowest BCUT2D eigenvalue weighted by atomic mass is 9.97. The Morgan fingerprint density at radius 1 is 1.23 bits per heavy atom. The highest BCUT2D eigenvalue weighted by Gasteiger charge is 2.09. The molecular weight excluding hydrogens is 398 g/mol. The Hall–Kier alpha value is -3.48. The van der Waals surface area contributed by atoms with Gasteiger partial charge >= 0.3 is 0 Å². The largest absolute Gasteiger partial charge is 0.299 e. The number of halogens is 2. The molecular formula is C24H26F2N4O. The van der Waals surface area contributed by atoms with E-state index in [9.17, 15) is 13.6 Å². The van der Waals surface area contributed by atoms with Crippen LogP contribution < -0.4 is 0 Å². The van der Waals surface area contributed by atoms with Gasteiger partial charge in [-0.05, 0) is 49.1 Å². The molecule has 0 saturated heterocycles. The van der Waals surface area contributed by atoms with Crippen LogP contribution in [0.5, 0.6) is 0 Å². The van der Waals surface area contributed by atoms with Gasteiger partial charge in [0.1, 0.15) is 6.29 Å². The lowest BCUT2D eigenvalue weighted by Crippen LogP contribution is -2.08. The van der Waals surface area contributed by atoms with E-state index < -0.39 is 0 Å². The van der Waals surface area contributed by atoms with Crippen LogP contribution in [0.2, 0.25) is 0 Å². The van der Waals surface area contributed by atoms with Gasteiger partial charge < -0.3 is 0 Å². The lowest BCUT2D eigenvalue weighted by molar-refractivity contribution is -0.104. The number of hydrazone groups is 1. The summed E-state index contributed by atoms with van der Waals surface area (Å²) in [5.74, 6) is 0.695. The van der Waals surface area contributed by atoms with Crippen LogP contribution in [0.15, 0.2) is 84.1 Å². The summed E-state index contributed by atoms with van der Waals surface area (Å²) in [6.07, 6.45) is 21.3. The molecule has 0 N–H and O–H groups in total. The van der Waals surface area contributed by atoms with Gasteiger partial charge in [-0.15, -0.1) is 0 Å². The first-order valence-electron chi connectivity index (χ1n) is 10.1. The molecule has 0 amide bonds. The SMILES string of the molecule is CCCc1cnc(C2=CCCC(C/C=N/N(/C=C\C=O)C(/C=C/F)=C/C=C/F)=C2)nc1. The minimum Gasteiger partial charge on any atom is -0.299 e. The third-order valence-corrected chi connectivity index (χ3v) is 4.39. The van der Waals surface area contributed by atoms with E-state index in [-0.39, 0.29) is 5.70 Å². The third-order valence-electron chi connectivity index (χ3n) is 4.39. The highest BCUT2D eigenvalue weighted by Crippen LogP contribution is 2.24. The Bertz CT molecular complexity index is 925. The topological polar surface area (TPSA) is 58.5 Å². The molecule has 31 heavy (non-hydrogen) atoms. The maximum Gasteiger partial charge on any atom is 0.158 e. The molecule has 2 rings (SSSR count). The van der Waals surface area contributed by atoms with Crippen molar-refractivity contribution < 1.29 is 13.6 Å². The van der Waals surface area contributed by atoms with Gasteiger partial charge in [0.2, 0.25) is 0 Å². The second kappa shape index (κ2) is 13.7. The third kappa shape index (κ3) is 8.04. The molecule has 0 fully saturated rings. The summed E-state index contributed by atoms with van der Waals surface area (Å²) in [4.78, 5) is 19.6. The normalized spacial score (nSPS) is 15.3. The van der Waals surface area contributed by atoms with Gasteiger partial charge in [0, 0.05) is 36.8 Å². The number of carbonyl (C=O) groups excluding carboxylic acids is 1. The number of rotatable bonds is 11. The van der Waals surface area contributed by atoms with E-state index in [1.807, 2.05) is 12.4 Å². The van der Waals surface area contributed by atoms with Gasteiger partial charge in [0.25, 0.3) is 0 Å². The van der Waals surface area contributed by atoms with E-state index in [1.54, 1.807) is 6.21 Å². The fraction of sp³-hybridized carbons (Fsp3) is 0.250. The van der Waals surface area contributed by atoms with E-state index >= 15 is 0 Å². The first-order valence-corrected chi connectivity index (χ1v) is 10.1. The van der Waals surface area contributed by atoms with Crippen LogP contribution in [0.4, 0.5) is 8.78 Å². The highest BCUT2D eigenvalue weighted by molar-refractivity contribution is 5.73. The van der Waals surface area contributed by atoms with Crippen molar-refractivity contribution in [3.63, 3.8) is 0 Å². The molecule has 1 aromatic rings. The van der Waals surface area contributed by atoms with Gasteiger partial charge in [-0.3, -0.25) is 4.79 Å². The van der Waals surface area contributed by atoms with Gasteiger partial charge in [-0.1, -0.05) is 31.1 Å². The van der Waals surface area contributed by atoms with Crippen LogP contribution in [0.25, 0.3) is 5.57 Å². The summed E-state index contributed by atoms with van der Waals surface area (Å²) in [5.41, 5.74) is 3.50. The Morgan fingerprint density at radius 3 is 2.71 bits per heavy atom. The monoisotopic (exact) mass is 424 g/mol. The van der Waals surface area contributed by atoms with Crippen LogP contribution in [-0.4, -0.2) is 27.5 Å². The van der Waals surface area contributed by atoms with E-state index in [1.165, 1.54) is 23.4 Å². The summed E-state index contributed by atoms with van der Waals surface area (Å²) < 4.78 is 25.0. The van der Waals surface area contributed by atoms with Crippen molar-refractivity contribution in [3.05, 3.63) is 90.4 Å². The molecule has 0 aliphatic heterocycles. The smallest absolute Gasteiger partial charge is 0.158 e. The van der Waals surface area contributed by atoms with Crippen molar-refractivity contribution in [2.45, 2.75) is 39.0 Å². The van der Waals surface area contributed by atoms with E-state index in [2.05, 4.69) is 34.1 Å². The molecule has 0 bridgehead atoms. The van der Waals surface area contributed by atoms with Crippen molar-refractivity contribution >= 4 is 18.1 Å². The van der Waals surface area contributed by atoms with Crippen molar-refractivity contribution in [2.24, 2.45) is 5.10 Å². The zero-order valence-corrected chi connectivity index (χ0v) is 17.5. The Labute approximate surface area is 181 Å². The van der Waals surface area contributed by atoms with E-state index in [0.29, 0.717) is 31.2 Å². The van der Waals surface area contributed by atoms with Crippen molar-refractivity contribution in [1.29, 1.82) is 0 Å². The van der Waals surface area contributed by atoms with Crippen LogP contribution in [0, 0.1) is 0 Å². The van der Waals surface area contributed by atoms with Gasteiger partial charge in [-0.25, -0.2) is 23.8 Å². The zero-order chi connectivity index (χ0) is 22.3. The number of aryl methyl sites for hydroxylation is 1. The molecule has 1 aliphatic rings. The summed E-state index contributed by atoms with van der Waals surface area (Å²) >= 11 is 0. The Kier molecular flexibility index (Phi) is 10.5. The molecule has 7 heteroatoms. The van der Waals surface area contributed by atoms with Gasteiger partial charge in [0.05, 0.1) is 18.4 Å². The minimum atomic E-state index is 0.254. The molecule has 1 heterocycles. The van der Waals surface area contributed by atoms with Gasteiger partial charge in [-0.2, -0.15) is 5.10 Å². The Balaban J connectivity index is 2.13. The molecule has 1 aliphatic carbocycles. The van der Waals surface area contributed by atoms with Crippen molar-refractivity contribution in [1.82, 2.24) is 15.0 Å². The van der Waals surface area contributed by atoms with Crippen LogP contribution in [-0.2, 0) is 11.2 Å². The van der Waals surface area contributed by atoms with Gasteiger partial charge in [0.15, 0.2) is 5.82 Å².